The van der Waals surface area contributed by atoms with Gasteiger partial charge in [-0.1, -0.05) is 30.3 Å². The number of fused-ring (bicyclic) bond motifs is 2. The molecule has 3 aromatic rings. The highest BCUT2D eigenvalue weighted by Gasteiger charge is 2.25. The molecular weight excluding hydrogens is 336 g/mol. The second kappa shape index (κ2) is 7.39. The zero-order chi connectivity index (χ0) is 18.8. The van der Waals surface area contributed by atoms with E-state index in [1.165, 1.54) is 0 Å². The van der Waals surface area contributed by atoms with Crippen LogP contribution in [0.2, 0.25) is 0 Å². The molecule has 1 heterocycles. The van der Waals surface area contributed by atoms with E-state index >= 15 is 0 Å². The van der Waals surface area contributed by atoms with Gasteiger partial charge in [0.2, 0.25) is 0 Å². The third-order valence-electron chi connectivity index (χ3n) is 5.16. The highest BCUT2D eigenvalue weighted by atomic mass is 16.5. The summed E-state index contributed by atoms with van der Waals surface area (Å²) in [4.78, 5) is 19.8. The molecule has 0 unspecified atom stereocenters. The molecule has 0 aliphatic heterocycles. The molecular formula is C23H24N2O2. The number of pyridine rings is 1. The Morgan fingerprint density at radius 2 is 2.00 bits per heavy atom. The zero-order valence-corrected chi connectivity index (χ0v) is 15.9. The fourth-order valence-electron chi connectivity index (χ4n) is 3.75. The van der Waals surface area contributed by atoms with Gasteiger partial charge in [0.15, 0.2) is 0 Å². The average molecular weight is 360 g/mol. The second-order valence-corrected chi connectivity index (χ2v) is 7.17. The summed E-state index contributed by atoms with van der Waals surface area (Å²) in [5.41, 5.74) is 5.11. The maximum atomic E-state index is 13.3. The molecule has 1 aliphatic carbocycles. The van der Waals surface area contributed by atoms with Crippen LogP contribution < -0.4 is 4.74 Å². The fraction of sp³-hybridized carbons (Fsp3) is 0.304. The Labute approximate surface area is 159 Å². The molecule has 0 radical (unpaired) electrons. The molecule has 0 spiro atoms. The molecule has 0 saturated heterocycles. The number of benzene rings is 2. The lowest BCUT2D eigenvalue weighted by Crippen LogP contribution is -2.32. The van der Waals surface area contributed by atoms with Crippen LogP contribution in [-0.2, 0) is 12.8 Å². The Bertz CT molecular complexity index is 997. The minimum atomic E-state index is 0.0552. The van der Waals surface area contributed by atoms with Crippen molar-refractivity contribution in [3.63, 3.8) is 0 Å². The van der Waals surface area contributed by atoms with Gasteiger partial charge < -0.3 is 9.64 Å². The summed E-state index contributed by atoms with van der Waals surface area (Å²) in [7, 11) is 1.85. The number of aromatic nitrogens is 1. The number of amides is 1. The van der Waals surface area contributed by atoms with E-state index in [0.29, 0.717) is 13.2 Å². The summed E-state index contributed by atoms with van der Waals surface area (Å²) in [5, 5.41) is 0.953. The number of likely N-dealkylation sites (N-methyl/N-ethyl adjacent to an activating group) is 1. The summed E-state index contributed by atoms with van der Waals surface area (Å²) in [6, 6.07) is 15.9. The van der Waals surface area contributed by atoms with Gasteiger partial charge in [-0.05, 0) is 55.5 Å². The lowest BCUT2D eigenvalue weighted by molar-refractivity contribution is 0.0774. The third-order valence-corrected chi connectivity index (χ3v) is 5.16. The third kappa shape index (κ3) is 3.52. The molecule has 4 heteroatoms. The lowest BCUT2D eigenvalue weighted by atomic mass is 10.00. The van der Waals surface area contributed by atoms with Crippen molar-refractivity contribution in [2.75, 3.05) is 20.2 Å². The SMILES string of the molecule is Cc1cccc(OCCN(C)C(=O)c2c3c(nc4ccccc24)CCC3)c1. The number of rotatable bonds is 5. The molecule has 1 amide bonds. The molecule has 4 nitrogen and oxygen atoms in total. The maximum absolute atomic E-state index is 13.3. The van der Waals surface area contributed by atoms with Crippen LogP contribution >= 0.6 is 0 Å². The van der Waals surface area contributed by atoms with E-state index in [2.05, 4.69) is 0 Å². The van der Waals surface area contributed by atoms with Crippen molar-refractivity contribution in [2.24, 2.45) is 0 Å². The standard InChI is InChI=1S/C23H24N2O2/c1-16-7-5-8-17(15-16)27-14-13-25(2)23(26)22-18-9-3-4-11-20(18)24-21-12-6-10-19(21)22/h3-5,7-9,11,15H,6,10,12-14H2,1-2H3. The molecule has 138 valence electrons. The second-order valence-electron chi connectivity index (χ2n) is 7.17. The van der Waals surface area contributed by atoms with Gasteiger partial charge in [-0.25, -0.2) is 0 Å². The summed E-state index contributed by atoms with van der Waals surface area (Å²) in [6.07, 6.45) is 2.96. The van der Waals surface area contributed by atoms with Crippen LogP contribution in [0.4, 0.5) is 0 Å². The van der Waals surface area contributed by atoms with Crippen LogP contribution in [0.3, 0.4) is 0 Å². The quantitative estimate of drug-likeness (QED) is 0.685. The Kier molecular flexibility index (Phi) is 4.80. The van der Waals surface area contributed by atoms with Gasteiger partial charge in [0.05, 0.1) is 17.6 Å². The van der Waals surface area contributed by atoms with Crippen LogP contribution in [0.1, 0.15) is 33.6 Å². The molecule has 2 aromatic carbocycles. The number of ether oxygens (including phenoxy) is 1. The number of para-hydroxylation sites is 1. The number of carbonyl (C=O) groups excluding carboxylic acids is 1. The van der Waals surface area contributed by atoms with Gasteiger partial charge in [0.1, 0.15) is 12.4 Å². The van der Waals surface area contributed by atoms with Crippen molar-refractivity contribution < 1.29 is 9.53 Å². The summed E-state index contributed by atoms with van der Waals surface area (Å²) in [5.74, 6) is 0.894. The Balaban J connectivity index is 1.54. The van der Waals surface area contributed by atoms with Gasteiger partial charge in [0, 0.05) is 18.1 Å². The molecule has 1 aromatic heterocycles. The maximum Gasteiger partial charge on any atom is 0.254 e. The normalized spacial score (nSPS) is 12.8. The van der Waals surface area contributed by atoms with Crippen molar-refractivity contribution in [3.05, 3.63) is 70.9 Å². The molecule has 0 atom stereocenters. The van der Waals surface area contributed by atoms with Gasteiger partial charge in [-0.3, -0.25) is 9.78 Å². The van der Waals surface area contributed by atoms with Crippen LogP contribution in [0.5, 0.6) is 5.75 Å². The highest BCUT2D eigenvalue weighted by molar-refractivity contribution is 6.07. The molecule has 27 heavy (non-hydrogen) atoms. The first-order chi connectivity index (χ1) is 13.1. The topological polar surface area (TPSA) is 42.4 Å². The van der Waals surface area contributed by atoms with E-state index in [-0.39, 0.29) is 5.91 Å². The van der Waals surface area contributed by atoms with Crippen molar-refractivity contribution in [3.8, 4) is 5.75 Å². The minimum Gasteiger partial charge on any atom is -0.492 e. The fourth-order valence-corrected chi connectivity index (χ4v) is 3.75. The molecule has 4 rings (SSSR count). The van der Waals surface area contributed by atoms with E-state index in [1.807, 2.05) is 62.5 Å². The summed E-state index contributed by atoms with van der Waals surface area (Å²) >= 11 is 0. The van der Waals surface area contributed by atoms with Crippen molar-refractivity contribution in [1.29, 1.82) is 0 Å². The molecule has 0 fully saturated rings. The highest BCUT2D eigenvalue weighted by Crippen LogP contribution is 2.30. The number of carbonyl (C=O) groups is 1. The first-order valence-electron chi connectivity index (χ1n) is 9.49. The monoisotopic (exact) mass is 360 g/mol. The van der Waals surface area contributed by atoms with Crippen molar-refractivity contribution in [1.82, 2.24) is 9.88 Å². The van der Waals surface area contributed by atoms with Gasteiger partial charge in [-0.15, -0.1) is 0 Å². The van der Waals surface area contributed by atoms with Crippen LogP contribution in [0, 0.1) is 6.92 Å². The number of aryl methyl sites for hydroxylation is 2. The Morgan fingerprint density at radius 1 is 1.15 bits per heavy atom. The van der Waals surface area contributed by atoms with E-state index in [4.69, 9.17) is 9.72 Å². The van der Waals surface area contributed by atoms with Gasteiger partial charge in [-0.2, -0.15) is 0 Å². The summed E-state index contributed by atoms with van der Waals surface area (Å²) < 4.78 is 5.82. The Hall–Kier alpha value is -2.88. The minimum absolute atomic E-state index is 0.0552. The smallest absolute Gasteiger partial charge is 0.254 e. The predicted molar refractivity (Wildman–Crippen MR) is 107 cm³/mol. The van der Waals surface area contributed by atoms with Gasteiger partial charge >= 0.3 is 0 Å². The van der Waals surface area contributed by atoms with Gasteiger partial charge in [0.25, 0.3) is 5.91 Å². The average Bonchev–Trinajstić information content (AvgIpc) is 3.13. The van der Waals surface area contributed by atoms with E-state index < -0.39 is 0 Å². The Morgan fingerprint density at radius 3 is 2.85 bits per heavy atom. The van der Waals surface area contributed by atoms with Crippen molar-refractivity contribution in [2.45, 2.75) is 26.2 Å². The number of hydrogen-bond acceptors (Lipinski definition) is 3. The first kappa shape index (κ1) is 17.5. The number of nitrogens with zero attached hydrogens (tertiary/aromatic N) is 2. The van der Waals surface area contributed by atoms with E-state index in [9.17, 15) is 4.79 Å². The number of hydrogen-bond donors (Lipinski definition) is 0. The molecule has 0 bridgehead atoms. The molecule has 0 N–H and O–H groups in total. The summed E-state index contributed by atoms with van der Waals surface area (Å²) in [6.45, 7) is 3.05. The largest absolute Gasteiger partial charge is 0.492 e. The lowest BCUT2D eigenvalue weighted by Gasteiger charge is -2.20. The van der Waals surface area contributed by atoms with Crippen LogP contribution in [-0.4, -0.2) is 36.0 Å². The van der Waals surface area contributed by atoms with E-state index in [1.54, 1.807) is 4.90 Å². The zero-order valence-electron chi connectivity index (χ0n) is 15.9. The predicted octanol–water partition coefficient (Wildman–Crippen LogP) is 4.18. The van der Waals surface area contributed by atoms with Crippen LogP contribution in [0.25, 0.3) is 10.9 Å². The molecule has 0 saturated carbocycles. The van der Waals surface area contributed by atoms with Crippen LogP contribution in [0.15, 0.2) is 48.5 Å². The van der Waals surface area contributed by atoms with E-state index in [0.717, 1.165) is 58.3 Å². The molecule has 1 aliphatic rings. The van der Waals surface area contributed by atoms with Crippen molar-refractivity contribution >= 4 is 16.8 Å². The first-order valence-corrected chi connectivity index (χ1v) is 9.49.